The molecule has 0 saturated heterocycles. The van der Waals surface area contributed by atoms with Crippen molar-refractivity contribution in [3.8, 4) is 0 Å². The average molecular weight is 303 g/mol. The molecule has 0 spiro atoms. The molecule has 0 bridgehead atoms. The maximum Gasteiger partial charge on any atom is 0.194 e. The van der Waals surface area contributed by atoms with Crippen molar-refractivity contribution >= 4 is 16.3 Å². The van der Waals surface area contributed by atoms with Crippen molar-refractivity contribution in [2.45, 2.75) is 33.4 Å². The number of nitrogens with one attached hydrogen (secondary N) is 1. The quantitative estimate of drug-likeness (QED) is 0.789. The third-order valence-corrected chi connectivity index (χ3v) is 4.72. The predicted molar refractivity (Wildman–Crippen MR) is 84.2 cm³/mol. The molecule has 0 radical (unpaired) electrons. The minimum Gasteiger partial charge on any atom is -0.305 e. The van der Waals surface area contributed by atoms with Gasteiger partial charge in [0.2, 0.25) is 0 Å². The van der Waals surface area contributed by atoms with Crippen LogP contribution in [0.2, 0.25) is 0 Å². The van der Waals surface area contributed by atoms with E-state index in [-0.39, 0.29) is 11.9 Å². The number of halogens is 1. The number of hydrogen-bond donors (Lipinski definition) is 1. The smallest absolute Gasteiger partial charge is 0.194 e. The molecule has 2 heterocycles. The Morgan fingerprint density at radius 1 is 1.29 bits per heavy atom. The molecular weight excluding hydrogens is 285 g/mol. The molecule has 110 valence electrons. The number of aromatic nitrogens is 2. The van der Waals surface area contributed by atoms with E-state index in [9.17, 15) is 4.39 Å². The highest BCUT2D eigenvalue weighted by atomic mass is 32.1. The van der Waals surface area contributed by atoms with Crippen LogP contribution in [-0.2, 0) is 6.54 Å². The number of thiazole rings is 1. The molecule has 0 amide bonds. The maximum atomic E-state index is 13.0. The van der Waals surface area contributed by atoms with Gasteiger partial charge >= 0.3 is 0 Å². The number of rotatable bonds is 4. The Hall–Kier alpha value is -1.72. The molecule has 2 aromatic heterocycles. The van der Waals surface area contributed by atoms with Gasteiger partial charge < -0.3 is 5.32 Å². The second-order valence-electron chi connectivity index (χ2n) is 5.29. The van der Waals surface area contributed by atoms with E-state index in [1.807, 2.05) is 19.1 Å². The van der Waals surface area contributed by atoms with E-state index in [4.69, 9.17) is 0 Å². The molecule has 1 aromatic carbocycles. The zero-order valence-corrected chi connectivity index (χ0v) is 13.2. The Balaban J connectivity index is 1.78. The summed E-state index contributed by atoms with van der Waals surface area (Å²) < 4.78 is 15.2. The van der Waals surface area contributed by atoms with E-state index in [0.717, 1.165) is 22.8 Å². The molecule has 0 unspecified atom stereocenters. The third-order valence-electron chi connectivity index (χ3n) is 3.78. The third kappa shape index (κ3) is 2.71. The molecule has 3 rings (SSSR count). The fraction of sp³-hybridized carbons (Fsp3) is 0.312. The summed E-state index contributed by atoms with van der Waals surface area (Å²) >= 11 is 1.66. The van der Waals surface area contributed by atoms with Crippen LogP contribution in [0, 0.1) is 19.7 Å². The summed E-state index contributed by atoms with van der Waals surface area (Å²) in [7, 11) is 0. The number of nitrogens with zero attached hydrogens (tertiary/aromatic N) is 2. The number of aryl methyl sites for hydroxylation is 2. The van der Waals surface area contributed by atoms with E-state index >= 15 is 0 Å². The summed E-state index contributed by atoms with van der Waals surface area (Å²) in [5.41, 5.74) is 4.54. The van der Waals surface area contributed by atoms with Crippen molar-refractivity contribution in [3.05, 3.63) is 58.1 Å². The van der Waals surface area contributed by atoms with Crippen molar-refractivity contribution < 1.29 is 4.39 Å². The molecule has 0 saturated carbocycles. The molecule has 3 nitrogen and oxygen atoms in total. The van der Waals surface area contributed by atoms with Crippen LogP contribution in [0.15, 0.2) is 29.6 Å². The first kappa shape index (κ1) is 14.2. The molecule has 21 heavy (non-hydrogen) atoms. The topological polar surface area (TPSA) is 29.3 Å². The van der Waals surface area contributed by atoms with E-state index in [1.165, 1.54) is 23.5 Å². The van der Waals surface area contributed by atoms with Crippen LogP contribution < -0.4 is 5.32 Å². The highest BCUT2D eigenvalue weighted by Crippen LogP contribution is 2.21. The first-order valence-electron chi connectivity index (χ1n) is 6.97. The number of hydrogen-bond acceptors (Lipinski definition) is 3. The van der Waals surface area contributed by atoms with Crippen LogP contribution in [0.25, 0.3) is 4.96 Å². The summed E-state index contributed by atoms with van der Waals surface area (Å²) in [5, 5.41) is 5.61. The lowest BCUT2D eigenvalue weighted by Gasteiger charge is -2.14. The van der Waals surface area contributed by atoms with Gasteiger partial charge in [-0.2, -0.15) is 0 Å². The summed E-state index contributed by atoms with van der Waals surface area (Å²) in [4.78, 5) is 5.63. The van der Waals surface area contributed by atoms with Gasteiger partial charge in [0.15, 0.2) is 4.96 Å². The summed E-state index contributed by atoms with van der Waals surface area (Å²) in [5.74, 6) is -0.201. The highest BCUT2D eigenvalue weighted by molar-refractivity contribution is 7.15. The van der Waals surface area contributed by atoms with Crippen LogP contribution in [0.5, 0.6) is 0 Å². The van der Waals surface area contributed by atoms with E-state index in [2.05, 4.69) is 33.9 Å². The lowest BCUT2D eigenvalue weighted by atomic mass is 10.1. The Bertz CT molecular complexity index is 758. The Morgan fingerprint density at radius 3 is 2.71 bits per heavy atom. The zero-order chi connectivity index (χ0) is 15.0. The van der Waals surface area contributed by atoms with Gasteiger partial charge in [0.05, 0.1) is 11.4 Å². The standard InChI is InChI=1S/C16H18FN3S/c1-10-9-21-16-19-12(3)15(20(10)16)8-18-11(2)13-4-6-14(17)7-5-13/h4-7,9,11,18H,8H2,1-3H3/t11-/m1/s1. The van der Waals surface area contributed by atoms with Crippen LogP contribution >= 0.6 is 11.3 Å². The largest absolute Gasteiger partial charge is 0.305 e. The second kappa shape index (κ2) is 5.58. The van der Waals surface area contributed by atoms with Crippen LogP contribution in [-0.4, -0.2) is 9.38 Å². The van der Waals surface area contributed by atoms with Gasteiger partial charge in [0.25, 0.3) is 0 Å². The van der Waals surface area contributed by atoms with Gasteiger partial charge in [-0.1, -0.05) is 12.1 Å². The normalized spacial score (nSPS) is 13.0. The molecule has 0 fully saturated rings. The number of benzene rings is 1. The molecule has 0 aliphatic rings. The first-order valence-corrected chi connectivity index (χ1v) is 7.85. The SMILES string of the molecule is Cc1nc2scc(C)n2c1CN[C@H](C)c1ccc(F)cc1. The van der Waals surface area contributed by atoms with Crippen molar-refractivity contribution in [2.75, 3.05) is 0 Å². The zero-order valence-electron chi connectivity index (χ0n) is 12.4. The van der Waals surface area contributed by atoms with Crippen molar-refractivity contribution in [3.63, 3.8) is 0 Å². The molecule has 3 aromatic rings. The first-order chi connectivity index (χ1) is 10.1. The van der Waals surface area contributed by atoms with Gasteiger partial charge in [-0.3, -0.25) is 4.40 Å². The minimum atomic E-state index is -0.201. The Morgan fingerprint density at radius 2 is 2.00 bits per heavy atom. The molecule has 1 atom stereocenters. The van der Waals surface area contributed by atoms with Gasteiger partial charge in [-0.25, -0.2) is 9.37 Å². The summed E-state index contributed by atoms with van der Waals surface area (Å²) in [6, 6.07) is 6.80. The van der Waals surface area contributed by atoms with Crippen molar-refractivity contribution in [1.29, 1.82) is 0 Å². The van der Waals surface area contributed by atoms with Crippen molar-refractivity contribution in [2.24, 2.45) is 0 Å². The van der Waals surface area contributed by atoms with Gasteiger partial charge in [-0.05, 0) is 38.5 Å². The van der Waals surface area contributed by atoms with E-state index in [0.29, 0.717) is 0 Å². The fourth-order valence-corrected chi connectivity index (χ4v) is 3.43. The lowest BCUT2D eigenvalue weighted by Crippen LogP contribution is -2.19. The van der Waals surface area contributed by atoms with E-state index in [1.54, 1.807) is 11.3 Å². The molecular formula is C16H18FN3S. The van der Waals surface area contributed by atoms with Gasteiger partial charge in [0, 0.05) is 23.7 Å². The molecule has 0 aliphatic carbocycles. The van der Waals surface area contributed by atoms with Crippen LogP contribution in [0.1, 0.15) is 35.6 Å². The summed E-state index contributed by atoms with van der Waals surface area (Å²) in [6.07, 6.45) is 0. The van der Waals surface area contributed by atoms with Gasteiger partial charge in [-0.15, -0.1) is 11.3 Å². The Kier molecular flexibility index (Phi) is 3.78. The molecule has 1 N–H and O–H groups in total. The van der Waals surface area contributed by atoms with Crippen molar-refractivity contribution in [1.82, 2.24) is 14.7 Å². The minimum absolute atomic E-state index is 0.162. The second-order valence-corrected chi connectivity index (χ2v) is 6.13. The average Bonchev–Trinajstić information content (AvgIpc) is 2.97. The number of fused-ring (bicyclic) bond motifs is 1. The predicted octanol–water partition coefficient (Wildman–Crippen LogP) is 4.00. The van der Waals surface area contributed by atoms with Gasteiger partial charge in [0.1, 0.15) is 5.82 Å². The molecule has 5 heteroatoms. The fourth-order valence-electron chi connectivity index (χ4n) is 2.49. The van der Waals surface area contributed by atoms with Crippen LogP contribution in [0.4, 0.5) is 4.39 Å². The monoisotopic (exact) mass is 303 g/mol. The highest BCUT2D eigenvalue weighted by Gasteiger charge is 2.13. The maximum absolute atomic E-state index is 13.0. The van der Waals surface area contributed by atoms with E-state index < -0.39 is 0 Å². The number of imidazole rings is 1. The molecule has 0 aliphatic heterocycles. The summed E-state index contributed by atoms with van der Waals surface area (Å²) in [6.45, 7) is 6.96. The lowest BCUT2D eigenvalue weighted by molar-refractivity contribution is 0.561. The van der Waals surface area contributed by atoms with Crippen LogP contribution in [0.3, 0.4) is 0 Å². The Labute approximate surface area is 127 Å².